The molecule has 0 saturated carbocycles. The van der Waals surface area contributed by atoms with Crippen molar-refractivity contribution in [2.75, 3.05) is 0 Å². The van der Waals surface area contributed by atoms with Crippen molar-refractivity contribution < 1.29 is 23.5 Å². The number of fused-ring (bicyclic) bond motifs is 2. The van der Waals surface area contributed by atoms with Crippen molar-refractivity contribution in [1.82, 2.24) is 5.32 Å². The first-order chi connectivity index (χ1) is 14.8. The van der Waals surface area contributed by atoms with Gasteiger partial charge in [-0.3, -0.25) is 4.79 Å². The lowest BCUT2D eigenvalue weighted by Gasteiger charge is -2.18. The van der Waals surface area contributed by atoms with E-state index in [4.69, 9.17) is 8.83 Å². The fourth-order valence-corrected chi connectivity index (χ4v) is 4.06. The van der Waals surface area contributed by atoms with E-state index >= 15 is 0 Å². The van der Waals surface area contributed by atoms with Crippen molar-refractivity contribution in [2.24, 2.45) is 5.92 Å². The van der Waals surface area contributed by atoms with Crippen LogP contribution in [0.4, 0.5) is 0 Å². The zero-order valence-corrected chi connectivity index (χ0v) is 19.7. The Hall–Kier alpha value is -3.09. The first kappa shape index (κ1) is 23.6. The van der Waals surface area contributed by atoms with E-state index in [1.165, 1.54) is 0 Å². The van der Waals surface area contributed by atoms with Crippen LogP contribution in [0.2, 0.25) is 0 Å². The Labute approximate surface area is 186 Å². The smallest absolute Gasteiger partial charge is 0.339 e. The van der Waals surface area contributed by atoms with Crippen molar-refractivity contribution in [3.63, 3.8) is 0 Å². The normalized spacial score (nSPS) is 13.1. The Morgan fingerprint density at radius 3 is 2.31 bits per heavy atom. The molecule has 2 N–H and O–H groups in total. The lowest BCUT2D eigenvalue weighted by molar-refractivity contribution is -0.143. The average Bonchev–Trinajstić information content (AvgIpc) is 3.11. The van der Waals surface area contributed by atoms with Gasteiger partial charge < -0.3 is 19.3 Å². The third-order valence-electron chi connectivity index (χ3n) is 6.00. The first-order valence-electron chi connectivity index (χ1n) is 10.8. The van der Waals surface area contributed by atoms with Crippen LogP contribution in [0.15, 0.2) is 26.0 Å². The molecular formula is C25H31NO6. The summed E-state index contributed by atoms with van der Waals surface area (Å²) in [4.78, 5) is 36.4. The summed E-state index contributed by atoms with van der Waals surface area (Å²) < 4.78 is 11.5. The number of amides is 1. The van der Waals surface area contributed by atoms with E-state index < -0.39 is 23.5 Å². The molecule has 1 aromatic carbocycles. The SMILES string of the molecule is Cc1c(CCC(=O)NC(C(=O)O)C(C)C)c(=O)oc2c(C)c3occ(C(C)(C)C)c3cc12. The molecule has 7 heteroatoms. The molecule has 3 rings (SSSR count). The van der Waals surface area contributed by atoms with Crippen LogP contribution in [0.25, 0.3) is 21.9 Å². The highest BCUT2D eigenvalue weighted by atomic mass is 16.4. The van der Waals surface area contributed by atoms with Gasteiger partial charge in [-0.2, -0.15) is 0 Å². The second-order valence-electron chi connectivity index (χ2n) is 9.77. The maximum Gasteiger partial charge on any atom is 0.339 e. The number of hydrogen-bond acceptors (Lipinski definition) is 5. The van der Waals surface area contributed by atoms with E-state index in [0.29, 0.717) is 16.7 Å². The fraction of sp³-hybridized carbons (Fsp3) is 0.480. The largest absolute Gasteiger partial charge is 0.480 e. The first-order valence-corrected chi connectivity index (χ1v) is 10.8. The van der Waals surface area contributed by atoms with Crippen LogP contribution in [-0.4, -0.2) is 23.0 Å². The number of rotatable bonds is 6. The van der Waals surface area contributed by atoms with Crippen LogP contribution in [0.3, 0.4) is 0 Å². The van der Waals surface area contributed by atoms with E-state index in [0.717, 1.165) is 27.5 Å². The summed E-state index contributed by atoms with van der Waals surface area (Å²) in [7, 11) is 0. The number of nitrogens with one attached hydrogen (secondary N) is 1. The molecular weight excluding hydrogens is 410 g/mol. The summed E-state index contributed by atoms with van der Waals surface area (Å²) >= 11 is 0. The van der Waals surface area contributed by atoms with Gasteiger partial charge in [-0.15, -0.1) is 0 Å². The molecule has 0 radical (unpaired) electrons. The van der Waals surface area contributed by atoms with Crippen molar-refractivity contribution in [1.29, 1.82) is 0 Å². The average molecular weight is 442 g/mol. The van der Waals surface area contributed by atoms with Gasteiger partial charge in [-0.25, -0.2) is 9.59 Å². The number of carbonyl (C=O) groups is 2. The van der Waals surface area contributed by atoms with Crippen molar-refractivity contribution in [3.05, 3.63) is 45.0 Å². The molecule has 0 fully saturated rings. The van der Waals surface area contributed by atoms with E-state index in [1.54, 1.807) is 20.1 Å². The summed E-state index contributed by atoms with van der Waals surface area (Å²) in [6.07, 6.45) is 1.91. The lowest BCUT2D eigenvalue weighted by Crippen LogP contribution is -2.44. The molecule has 172 valence electrons. The minimum Gasteiger partial charge on any atom is -0.480 e. The van der Waals surface area contributed by atoms with Crippen molar-refractivity contribution >= 4 is 33.8 Å². The Morgan fingerprint density at radius 2 is 1.75 bits per heavy atom. The van der Waals surface area contributed by atoms with E-state index in [1.807, 2.05) is 19.9 Å². The third-order valence-corrected chi connectivity index (χ3v) is 6.00. The molecule has 2 aromatic heterocycles. The molecule has 0 saturated heterocycles. The Kier molecular flexibility index (Phi) is 6.22. The second-order valence-corrected chi connectivity index (χ2v) is 9.77. The van der Waals surface area contributed by atoms with Crippen molar-refractivity contribution in [2.45, 2.75) is 72.8 Å². The van der Waals surface area contributed by atoms with Gasteiger partial charge in [0.05, 0.1) is 6.26 Å². The molecule has 0 spiro atoms. The quantitative estimate of drug-likeness (QED) is 0.541. The molecule has 0 aliphatic carbocycles. The number of carbonyl (C=O) groups excluding carboxylic acids is 1. The minimum absolute atomic E-state index is 0.00617. The highest BCUT2D eigenvalue weighted by Gasteiger charge is 2.25. The molecule has 2 heterocycles. The number of carboxylic acids is 1. The summed E-state index contributed by atoms with van der Waals surface area (Å²) in [6.45, 7) is 13.5. The summed E-state index contributed by atoms with van der Waals surface area (Å²) in [6, 6.07) is 1.02. The van der Waals surface area contributed by atoms with Gasteiger partial charge in [0.1, 0.15) is 17.2 Å². The summed E-state index contributed by atoms with van der Waals surface area (Å²) in [5, 5.41) is 13.6. The summed E-state index contributed by atoms with van der Waals surface area (Å²) in [5.41, 5.74) is 3.58. The zero-order chi connectivity index (χ0) is 24.0. The molecule has 1 amide bonds. The maximum absolute atomic E-state index is 12.7. The van der Waals surface area contributed by atoms with Crippen LogP contribution in [0, 0.1) is 19.8 Å². The molecule has 32 heavy (non-hydrogen) atoms. The molecule has 0 aliphatic rings. The highest BCUT2D eigenvalue weighted by molar-refractivity contribution is 6.00. The topological polar surface area (TPSA) is 110 Å². The predicted octanol–water partition coefficient (Wildman–Crippen LogP) is 4.61. The molecule has 3 aromatic rings. The number of aliphatic carboxylic acids is 1. The van der Waals surface area contributed by atoms with Crippen LogP contribution in [-0.2, 0) is 21.4 Å². The van der Waals surface area contributed by atoms with Gasteiger partial charge >= 0.3 is 11.6 Å². The number of benzene rings is 1. The summed E-state index contributed by atoms with van der Waals surface area (Å²) in [5.74, 6) is -1.74. The van der Waals surface area contributed by atoms with Crippen molar-refractivity contribution in [3.8, 4) is 0 Å². The van der Waals surface area contributed by atoms with Gasteiger partial charge in [0.25, 0.3) is 0 Å². The third kappa shape index (κ3) is 4.29. The van der Waals surface area contributed by atoms with E-state index in [2.05, 4.69) is 26.1 Å². The van der Waals surface area contributed by atoms with Crippen LogP contribution in [0.1, 0.15) is 63.3 Å². The van der Waals surface area contributed by atoms with Gasteiger partial charge in [0.15, 0.2) is 0 Å². The van der Waals surface area contributed by atoms with E-state index in [-0.39, 0.29) is 24.2 Å². The van der Waals surface area contributed by atoms with Gasteiger partial charge in [-0.1, -0.05) is 34.6 Å². The van der Waals surface area contributed by atoms with Gasteiger partial charge in [-0.05, 0) is 43.2 Å². The Bertz CT molecular complexity index is 1260. The predicted molar refractivity (Wildman–Crippen MR) is 123 cm³/mol. The Balaban J connectivity index is 2.00. The molecule has 0 aliphatic heterocycles. The highest BCUT2D eigenvalue weighted by Crippen LogP contribution is 2.37. The van der Waals surface area contributed by atoms with Crippen LogP contribution >= 0.6 is 0 Å². The minimum atomic E-state index is -1.08. The van der Waals surface area contributed by atoms with Crippen LogP contribution < -0.4 is 10.9 Å². The number of furan rings is 1. The molecule has 7 nitrogen and oxygen atoms in total. The molecule has 0 bridgehead atoms. The monoisotopic (exact) mass is 441 g/mol. The van der Waals surface area contributed by atoms with Crippen LogP contribution in [0.5, 0.6) is 0 Å². The zero-order valence-electron chi connectivity index (χ0n) is 19.7. The van der Waals surface area contributed by atoms with E-state index in [9.17, 15) is 19.5 Å². The second kappa shape index (κ2) is 8.45. The Morgan fingerprint density at radius 1 is 1.09 bits per heavy atom. The number of hydrogen-bond donors (Lipinski definition) is 2. The fourth-order valence-electron chi connectivity index (χ4n) is 4.06. The standard InChI is InChI=1S/C25H31NO6/c1-12(2)20(23(28)29)26-19(27)9-8-15-13(3)16-10-17-18(25(5,6)7)11-31-21(17)14(4)22(16)32-24(15)30/h10-12,20H,8-9H2,1-7H3,(H,26,27)(H,28,29). The number of aryl methyl sites for hydroxylation is 2. The molecule has 1 atom stereocenters. The van der Waals surface area contributed by atoms with Gasteiger partial charge in [0.2, 0.25) is 5.91 Å². The maximum atomic E-state index is 12.7. The molecule has 1 unspecified atom stereocenters. The lowest BCUT2D eigenvalue weighted by atomic mass is 9.86. The van der Waals surface area contributed by atoms with Gasteiger partial charge in [0, 0.05) is 33.9 Å². The number of carboxylic acid groups (broad SMARTS) is 1.